The number of nitrogens with one attached hydrogen (secondary N) is 1. The largest absolute Gasteiger partial charge is 0.397 e. The first kappa shape index (κ1) is 13.6. The number of nitrogens with two attached hydrogens (primary N) is 1. The van der Waals surface area contributed by atoms with E-state index in [2.05, 4.69) is 10.3 Å². The average molecular weight is 266 g/mol. The number of rotatable bonds is 4. The van der Waals surface area contributed by atoms with E-state index in [1.807, 2.05) is 0 Å². The number of halogens is 3. The van der Waals surface area contributed by atoms with Crippen molar-refractivity contribution >= 4 is 23.2 Å². The van der Waals surface area contributed by atoms with Crippen molar-refractivity contribution in [1.82, 2.24) is 10.3 Å². The number of aliphatic hydroxyl groups excluding tert-OH is 1. The topological polar surface area (TPSA) is 88.2 Å². The molecule has 0 saturated heterocycles. The predicted octanol–water partition coefficient (Wildman–Crippen LogP) is 0.673. The lowest BCUT2D eigenvalue weighted by Gasteiger charge is -2.11. The second-order valence-electron chi connectivity index (χ2n) is 3.21. The molecule has 17 heavy (non-hydrogen) atoms. The van der Waals surface area contributed by atoms with E-state index in [1.165, 1.54) is 12.3 Å². The third kappa shape index (κ3) is 3.79. The summed E-state index contributed by atoms with van der Waals surface area (Å²) < 4.78 is 23.9. The summed E-state index contributed by atoms with van der Waals surface area (Å²) in [7, 11) is 0. The molecule has 0 radical (unpaired) electrons. The van der Waals surface area contributed by atoms with Gasteiger partial charge in [0.1, 0.15) is 11.3 Å². The fourth-order valence-corrected chi connectivity index (χ4v) is 1.18. The number of alkyl halides is 2. The fourth-order valence-electron chi connectivity index (χ4n) is 1.02. The number of carbonyl (C=O) groups is 1. The summed E-state index contributed by atoms with van der Waals surface area (Å²) in [5, 5.41) is 11.0. The molecular formula is C9H10ClF2N3O2. The van der Waals surface area contributed by atoms with E-state index in [9.17, 15) is 13.6 Å². The number of nitrogens with zero attached hydrogens (tertiary/aromatic N) is 1. The lowest BCUT2D eigenvalue weighted by Crippen LogP contribution is -2.36. The highest BCUT2D eigenvalue weighted by atomic mass is 35.5. The molecule has 1 aromatic heterocycles. The van der Waals surface area contributed by atoms with Gasteiger partial charge in [-0.15, -0.1) is 0 Å². The highest BCUT2D eigenvalue weighted by molar-refractivity contribution is 6.29. The van der Waals surface area contributed by atoms with Gasteiger partial charge in [0, 0.05) is 6.54 Å². The Morgan fingerprint density at radius 1 is 1.65 bits per heavy atom. The average Bonchev–Trinajstić information content (AvgIpc) is 2.28. The van der Waals surface area contributed by atoms with Gasteiger partial charge in [0.2, 0.25) is 0 Å². The van der Waals surface area contributed by atoms with Crippen molar-refractivity contribution in [2.45, 2.75) is 12.5 Å². The summed E-state index contributed by atoms with van der Waals surface area (Å²) in [6.45, 7) is -0.574. The summed E-state index contributed by atoms with van der Waals surface area (Å²) in [5.74, 6) is -0.702. The maximum Gasteiger partial charge on any atom is 0.265 e. The zero-order chi connectivity index (χ0) is 13.0. The minimum absolute atomic E-state index is 0.0199. The number of hydrogen-bond donors (Lipinski definition) is 3. The zero-order valence-corrected chi connectivity index (χ0v) is 9.29. The molecule has 0 aliphatic heterocycles. The standard InChI is InChI=1S/C9H10ClF2N3O2/c10-7-1-4(5(13)2-14-7)9(17)15-3-6(16)8(11)12/h1-2,6,8,16H,3,13H2,(H,15,17). The van der Waals surface area contributed by atoms with Gasteiger partial charge in [-0.1, -0.05) is 11.6 Å². The third-order valence-corrected chi connectivity index (χ3v) is 2.12. The lowest BCUT2D eigenvalue weighted by molar-refractivity contribution is -0.00269. The van der Waals surface area contributed by atoms with Gasteiger partial charge in [-0.3, -0.25) is 4.79 Å². The summed E-state index contributed by atoms with van der Waals surface area (Å²) in [6, 6.07) is 1.21. The van der Waals surface area contributed by atoms with Crippen LogP contribution >= 0.6 is 11.6 Å². The molecule has 1 rings (SSSR count). The minimum atomic E-state index is -2.92. The van der Waals surface area contributed by atoms with Crippen LogP contribution in [0.1, 0.15) is 10.4 Å². The van der Waals surface area contributed by atoms with Crippen LogP contribution in [0.3, 0.4) is 0 Å². The van der Waals surface area contributed by atoms with E-state index in [4.69, 9.17) is 22.4 Å². The van der Waals surface area contributed by atoms with E-state index < -0.39 is 25.0 Å². The molecule has 0 bridgehead atoms. The van der Waals surface area contributed by atoms with Gasteiger partial charge in [0.15, 0.2) is 0 Å². The highest BCUT2D eigenvalue weighted by Gasteiger charge is 2.18. The van der Waals surface area contributed by atoms with Crippen LogP contribution in [0.25, 0.3) is 0 Å². The molecular weight excluding hydrogens is 256 g/mol. The van der Waals surface area contributed by atoms with Crippen molar-refractivity contribution < 1.29 is 18.7 Å². The van der Waals surface area contributed by atoms with Gasteiger partial charge in [-0.25, -0.2) is 13.8 Å². The molecule has 94 valence electrons. The lowest BCUT2D eigenvalue weighted by atomic mass is 10.2. The van der Waals surface area contributed by atoms with Crippen molar-refractivity contribution in [3.05, 3.63) is 23.0 Å². The summed E-state index contributed by atoms with van der Waals surface area (Å²) in [4.78, 5) is 15.1. The third-order valence-electron chi connectivity index (χ3n) is 1.91. The van der Waals surface area contributed by atoms with E-state index in [-0.39, 0.29) is 16.4 Å². The van der Waals surface area contributed by atoms with Crippen LogP contribution in [0.2, 0.25) is 5.15 Å². The zero-order valence-electron chi connectivity index (χ0n) is 8.53. The number of amides is 1. The molecule has 1 aromatic rings. The Hall–Kier alpha value is -1.47. The number of anilines is 1. The summed E-state index contributed by atoms with van der Waals surface area (Å²) >= 11 is 5.56. The molecule has 1 heterocycles. The molecule has 4 N–H and O–H groups in total. The first-order valence-electron chi connectivity index (χ1n) is 4.57. The van der Waals surface area contributed by atoms with Crippen LogP contribution in [-0.2, 0) is 0 Å². The van der Waals surface area contributed by atoms with Crippen LogP contribution in [0.5, 0.6) is 0 Å². The molecule has 0 saturated carbocycles. The molecule has 1 amide bonds. The number of aliphatic hydroxyl groups is 1. The maximum atomic E-state index is 12.0. The molecule has 0 aliphatic rings. The molecule has 1 unspecified atom stereocenters. The molecule has 0 spiro atoms. The number of nitrogen functional groups attached to an aromatic ring is 1. The normalized spacial score (nSPS) is 12.5. The Morgan fingerprint density at radius 3 is 2.88 bits per heavy atom. The van der Waals surface area contributed by atoms with Gasteiger partial charge < -0.3 is 16.2 Å². The molecule has 1 atom stereocenters. The van der Waals surface area contributed by atoms with Crippen LogP contribution in [0.4, 0.5) is 14.5 Å². The first-order chi connectivity index (χ1) is 7.91. The van der Waals surface area contributed by atoms with Gasteiger partial charge >= 0.3 is 0 Å². The molecule has 8 heteroatoms. The second kappa shape index (κ2) is 5.74. The van der Waals surface area contributed by atoms with Gasteiger partial charge in [-0.2, -0.15) is 0 Å². The molecule has 0 aromatic carbocycles. The Kier molecular flexibility index (Phi) is 4.59. The van der Waals surface area contributed by atoms with Crippen molar-refractivity contribution in [3.63, 3.8) is 0 Å². The van der Waals surface area contributed by atoms with Crippen LogP contribution < -0.4 is 11.1 Å². The number of carbonyl (C=O) groups excluding carboxylic acids is 1. The number of hydrogen-bond acceptors (Lipinski definition) is 4. The van der Waals surface area contributed by atoms with Gasteiger partial charge in [0.25, 0.3) is 12.3 Å². The first-order valence-corrected chi connectivity index (χ1v) is 4.95. The van der Waals surface area contributed by atoms with Crippen LogP contribution in [0, 0.1) is 0 Å². The van der Waals surface area contributed by atoms with Gasteiger partial charge in [0.05, 0.1) is 17.4 Å². The van der Waals surface area contributed by atoms with E-state index in [0.717, 1.165) is 0 Å². The fraction of sp³-hybridized carbons (Fsp3) is 0.333. The highest BCUT2D eigenvalue weighted by Crippen LogP contribution is 2.14. The molecule has 0 fully saturated rings. The molecule has 0 aliphatic carbocycles. The van der Waals surface area contributed by atoms with Gasteiger partial charge in [-0.05, 0) is 6.07 Å². The number of pyridine rings is 1. The van der Waals surface area contributed by atoms with Crippen LogP contribution in [0.15, 0.2) is 12.3 Å². The monoisotopic (exact) mass is 265 g/mol. The van der Waals surface area contributed by atoms with E-state index >= 15 is 0 Å². The van der Waals surface area contributed by atoms with Crippen molar-refractivity contribution in [3.8, 4) is 0 Å². The van der Waals surface area contributed by atoms with Crippen LogP contribution in [-0.4, -0.2) is 35.1 Å². The minimum Gasteiger partial charge on any atom is -0.397 e. The Morgan fingerprint density at radius 2 is 2.29 bits per heavy atom. The van der Waals surface area contributed by atoms with Crippen molar-refractivity contribution in [2.75, 3.05) is 12.3 Å². The number of aromatic nitrogens is 1. The summed E-state index contributed by atoms with van der Waals surface area (Å²) in [5.41, 5.74) is 5.55. The van der Waals surface area contributed by atoms with E-state index in [0.29, 0.717) is 0 Å². The second-order valence-corrected chi connectivity index (χ2v) is 3.59. The predicted molar refractivity (Wildman–Crippen MR) is 58.0 cm³/mol. The maximum absolute atomic E-state index is 12.0. The molecule has 5 nitrogen and oxygen atoms in total. The Balaban J connectivity index is 2.67. The smallest absolute Gasteiger partial charge is 0.265 e. The van der Waals surface area contributed by atoms with E-state index in [1.54, 1.807) is 0 Å². The SMILES string of the molecule is Nc1cnc(Cl)cc1C(=O)NCC(O)C(F)F. The van der Waals surface area contributed by atoms with Crippen molar-refractivity contribution in [2.24, 2.45) is 0 Å². The Labute approximate surface area is 101 Å². The Bertz CT molecular complexity index is 417. The quantitative estimate of drug-likeness (QED) is 0.698. The summed E-state index contributed by atoms with van der Waals surface area (Å²) in [6.07, 6.45) is -3.66. The van der Waals surface area contributed by atoms with Crippen molar-refractivity contribution in [1.29, 1.82) is 0 Å².